The summed E-state index contributed by atoms with van der Waals surface area (Å²) in [6, 6.07) is 12.7. The van der Waals surface area contributed by atoms with Gasteiger partial charge in [0.25, 0.3) is 5.69 Å². The molecule has 12 heteroatoms. The predicted molar refractivity (Wildman–Crippen MR) is 146 cm³/mol. The second-order valence-electron chi connectivity index (χ2n) is 12.4. The standard InChI is InChI=1S/C29H33BN2O9/c33-24-25(34)27(39-22-6-4-21(5-7-22)32(36)37)40-23-15-38-30(41-26(23)24)19-2-1-3-20(11-19)31-28(35)29-12-16-8-17(13-29)10-18(9-16)14-29/h1-7,11,16-18,23-27,33-34H,8-10,12-15H2,(H,31,35)/t16?,17?,18?,23-,24-,25-,26+,27-,29?/m1/s1. The molecule has 4 saturated carbocycles. The Morgan fingerprint density at radius 2 is 1.71 bits per heavy atom. The summed E-state index contributed by atoms with van der Waals surface area (Å²) < 4.78 is 23.5. The number of ether oxygens (including phenoxy) is 2. The summed E-state index contributed by atoms with van der Waals surface area (Å²) >= 11 is 0. The predicted octanol–water partition coefficient (Wildman–Crippen LogP) is 2.39. The lowest BCUT2D eigenvalue weighted by molar-refractivity contribution is -0.384. The van der Waals surface area contributed by atoms with Crippen LogP contribution in [0.5, 0.6) is 5.75 Å². The fourth-order valence-corrected chi connectivity index (χ4v) is 8.04. The van der Waals surface area contributed by atoms with Crippen LogP contribution in [0.4, 0.5) is 11.4 Å². The summed E-state index contributed by atoms with van der Waals surface area (Å²) in [4.78, 5) is 23.9. The van der Waals surface area contributed by atoms with Crippen LogP contribution in [0, 0.1) is 33.3 Å². The number of carbonyl (C=O) groups is 1. The van der Waals surface area contributed by atoms with Gasteiger partial charge in [-0.25, -0.2) is 0 Å². The molecular formula is C29H33BN2O9. The highest BCUT2D eigenvalue weighted by molar-refractivity contribution is 6.61. The summed E-state index contributed by atoms with van der Waals surface area (Å²) in [6.45, 7) is 0.0725. The first-order valence-corrected chi connectivity index (χ1v) is 14.4. The monoisotopic (exact) mass is 564 g/mol. The molecule has 11 nitrogen and oxygen atoms in total. The van der Waals surface area contributed by atoms with Gasteiger partial charge in [0.1, 0.15) is 30.2 Å². The molecule has 0 aromatic heterocycles. The van der Waals surface area contributed by atoms with E-state index in [9.17, 15) is 25.1 Å². The third-order valence-corrected chi connectivity index (χ3v) is 9.57. The summed E-state index contributed by atoms with van der Waals surface area (Å²) in [5.74, 6) is 2.38. The van der Waals surface area contributed by atoms with E-state index in [2.05, 4.69) is 5.32 Å². The van der Waals surface area contributed by atoms with Crippen molar-refractivity contribution < 1.29 is 38.7 Å². The van der Waals surface area contributed by atoms with Crippen molar-refractivity contribution >= 4 is 29.9 Å². The Bertz CT molecular complexity index is 1290. The highest BCUT2D eigenvalue weighted by atomic mass is 16.7. The Kier molecular flexibility index (Phi) is 6.78. The molecule has 2 heterocycles. The Balaban J connectivity index is 0.997. The summed E-state index contributed by atoms with van der Waals surface area (Å²) in [5, 5.41) is 35.7. The molecule has 2 aromatic carbocycles. The van der Waals surface area contributed by atoms with Gasteiger partial charge in [0.05, 0.1) is 16.9 Å². The van der Waals surface area contributed by atoms with Gasteiger partial charge in [-0.2, -0.15) is 0 Å². The van der Waals surface area contributed by atoms with Crippen molar-refractivity contribution in [2.75, 3.05) is 11.9 Å². The molecule has 41 heavy (non-hydrogen) atoms. The number of hydrogen-bond acceptors (Lipinski definition) is 9. The Labute approximate surface area is 237 Å². The quantitative estimate of drug-likeness (QED) is 0.273. The van der Waals surface area contributed by atoms with Gasteiger partial charge in [0.2, 0.25) is 12.2 Å². The molecule has 3 N–H and O–H groups in total. The number of aliphatic hydroxyl groups is 2. The van der Waals surface area contributed by atoms with E-state index < -0.39 is 42.7 Å². The molecule has 8 rings (SSSR count). The molecule has 0 unspecified atom stereocenters. The minimum absolute atomic E-state index is 0.0725. The third kappa shape index (κ3) is 5.01. The Morgan fingerprint density at radius 3 is 2.37 bits per heavy atom. The zero-order valence-corrected chi connectivity index (χ0v) is 22.5. The first kappa shape index (κ1) is 26.8. The van der Waals surface area contributed by atoms with Crippen LogP contribution in [0.2, 0.25) is 0 Å². The third-order valence-electron chi connectivity index (χ3n) is 9.57. The van der Waals surface area contributed by atoms with Crippen molar-refractivity contribution in [3.8, 4) is 5.75 Å². The number of rotatable bonds is 6. The highest BCUT2D eigenvalue weighted by Gasteiger charge is 2.55. The van der Waals surface area contributed by atoms with Gasteiger partial charge in [-0.3, -0.25) is 14.9 Å². The summed E-state index contributed by atoms with van der Waals surface area (Å²) in [5.41, 5.74) is 0.995. The molecule has 6 aliphatic rings. The number of aliphatic hydroxyl groups excluding tert-OH is 2. The van der Waals surface area contributed by atoms with Crippen LogP contribution >= 0.6 is 0 Å². The Morgan fingerprint density at radius 1 is 1.02 bits per heavy atom. The topological polar surface area (TPSA) is 150 Å². The van der Waals surface area contributed by atoms with Gasteiger partial charge in [0.15, 0.2) is 0 Å². The number of nitro groups is 1. The molecule has 4 bridgehead atoms. The van der Waals surface area contributed by atoms with E-state index in [4.69, 9.17) is 18.8 Å². The number of fused-ring (bicyclic) bond motifs is 1. The molecule has 1 amide bonds. The van der Waals surface area contributed by atoms with Gasteiger partial charge < -0.3 is 34.3 Å². The normalized spacial score (nSPS) is 37.4. The van der Waals surface area contributed by atoms with Crippen LogP contribution in [-0.4, -0.2) is 65.5 Å². The first-order chi connectivity index (χ1) is 19.8. The lowest BCUT2D eigenvalue weighted by Gasteiger charge is -2.55. The van der Waals surface area contributed by atoms with E-state index in [0.29, 0.717) is 28.9 Å². The second kappa shape index (κ2) is 10.4. The van der Waals surface area contributed by atoms with E-state index >= 15 is 0 Å². The van der Waals surface area contributed by atoms with E-state index in [1.807, 2.05) is 24.3 Å². The number of nitrogens with one attached hydrogen (secondary N) is 1. The van der Waals surface area contributed by atoms with Crippen LogP contribution in [0.1, 0.15) is 38.5 Å². The zero-order chi connectivity index (χ0) is 28.3. The van der Waals surface area contributed by atoms with Gasteiger partial charge in [-0.15, -0.1) is 0 Å². The van der Waals surface area contributed by atoms with Crippen molar-refractivity contribution in [3.05, 3.63) is 58.6 Å². The second-order valence-corrected chi connectivity index (χ2v) is 12.4. The SMILES string of the molecule is O=C(Nc1cccc(B2OC[C@H]3O[C@@H](Oc4ccc([N+](=O)[O-])cc4)[C@H](O)[C@@H](O)[C@H]3O2)c1)C12CC3CC(CC(C3)C1)C2. The van der Waals surface area contributed by atoms with E-state index in [1.165, 1.54) is 43.5 Å². The summed E-state index contributed by atoms with van der Waals surface area (Å²) in [6.07, 6.45) is 1.18. The van der Waals surface area contributed by atoms with Gasteiger partial charge in [-0.05, 0) is 86.0 Å². The average molecular weight is 564 g/mol. The van der Waals surface area contributed by atoms with Gasteiger partial charge in [0, 0.05) is 17.8 Å². The number of hydrogen-bond donors (Lipinski definition) is 3. The fourth-order valence-electron chi connectivity index (χ4n) is 8.04. The molecule has 4 aliphatic carbocycles. The molecule has 2 saturated heterocycles. The maximum atomic E-state index is 13.5. The van der Waals surface area contributed by atoms with Crippen molar-refractivity contribution in [2.24, 2.45) is 23.2 Å². The van der Waals surface area contributed by atoms with Crippen molar-refractivity contribution in [2.45, 2.75) is 69.2 Å². The zero-order valence-electron chi connectivity index (χ0n) is 22.5. The number of carbonyl (C=O) groups excluding carboxylic acids is 1. The smallest absolute Gasteiger partial charge is 0.462 e. The molecule has 0 radical (unpaired) electrons. The van der Waals surface area contributed by atoms with Crippen LogP contribution in [0.15, 0.2) is 48.5 Å². The van der Waals surface area contributed by atoms with E-state index in [0.717, 1.165) is 19.3 Å². The van der Waals surface area contributed by atoms with Crippen molar-refractivity contribution in [3.63, 3.8) is 0 Å². The van der Waals surface area contributed by atoms with Crippen molar-refractivity contribution in [1.29, 1.82) is 0 Å². The number of amides is 1. The molecule has 5 atom stereocenters. The van der Waals surface area contributed by atoms with E-state index in [-0.39, 0.29) is 29.4 Å². The molecule has 216 valence electrons. The molecular weight excluding hydrogens is 531 g/mol. The minimum Gasteiger partial charge on any atom is -0.462 e. The first-order valence-electron chi connectivity index (χ1n) is 14.4. The van der Waals surface area contributed by atoms with Crippen LogP contribution in [0.25, 0.3) is 0 Å². The molecule has 6 fully saturated rings. The lowest BCUT2D eigenvalue weighted by atomic mass is 9.49. The van der Waals surface area contributed by atoms with Crippen LogP contribution in [-0.2, 0) is 18.8 Å². The summed E-state index contributed by atoms with van der Waals surface area (Å²) in [7, 11) is -0.828. The maximum absolute atomic E-state index is 13.5. The van der Waals surface area contributed by atoms with Gasteiger partial charge in [-0.1, -0.05) is 12.1 Å². The fraction of sp³-hybridized carbons (Fsp3) is 0.552. The van der Waals surface area contributed by atoms with Crippen molar-refractivity contribution in [1.82, 2.24) is 0 Å². The van der Waals surface area contributed by atoms with Gasteiger partial charge >= 0.3 is 7.12 Å². The largest absolute Gasteiger partial charge is 0.494 e. The number of non-ortho nitro benzene ring substituents is 1. The van der Waals surface area contributed by atoms with Crippen LogP contribution < -0.4 is 15.5 Å². The van der Waals surface area contributed by atoms with E-state index in [1.54, 1.807) is 0 Å². The number of nitrogens with zero attached hydrogens (tertiary/aromatic N) is 1. The average Bonchev–Trinajstić information content (AvgIpc) is 2.95. The lowest BCUT2D eigenvalue weighted by Crippen LogP contribution is -2.66. The molecule has 0 spiro atoms. The molecule has 2 aliphatic heterocycles. The minimum atomic E-state index is -1.43. The highest BCUT2D eigenvalue weighted by Crippen LogP contribution is 2.60. The van der Waals surface area contributed by atoms with Crippen LogP contribution in [0.3, 0.4) is 0 Å². The molecule has 2 aromatic rings. The number of benzene rings is 2. The maximum Gasteiger partial charge on any atom is 0.494 e. The Hall–Kier alpha value is -3.03. The number of anilines is 1. The number of nitro benzene ring substituents is 1.